The van der Waals surface area contributed by atoms with Crippen molar-refractivity contribution in [2.75, 3.05) is 5.75 Å². The molecule has 0 fully saturated rings. The average Bonchev–Trinajstić information content (AvgIpc) is 2.27. The van der Waals surface area contributed by atoms with Gasteiger partial charge in [-0.05, 0) is 17.7 Å². The molecule has 0 aromatic heterocycles. The van der Waals surface area contributed by atoms with Crippen LogP contribution in [0.15, 0.2) is 24.3 Å². The lowest BCUT2D eigenvalue weighted by atomic mass is 10.2. The highest BCUT2D eigenvalue weighted by Gasteiger charge is 2.17. The molecule has 1 rings (SSSR count). The maximum absolute atomic E-state index is 10.9. The van der Waals surface area contributed by atoms with Crippen LogP contribution in [0.5, 0.6) is 0 Å². The summed E-state index contributed by atoms with van der Waals surface area (Å²) in [6.45, 7) is 1.30. The Morgan fingerprint density at radius 2 is 2.22 bits per heavy atom. The van der Waals surface area contributed by atoms with Crippen molar-refractivity contribution in [1.29, 1.82) is 0 Å². The highest BCUT2D eigenvalue weighted by molar-refractivity contribution is 7.98. The Morgan fingerprint density at radius 3 is 2.78 bits per heavy atom. The molecule has 0 radical (unpaired) electrons. The van der Waals surface area contributed by atoms with Gasteiger partial charge in [0.05, 0.1) is 0 Å². The lowest BCUT2D eigenvalue weighted by Gasteiger charge is -2.12. The molecule has 1 atom stereocenters. The molecule has 0 heterocycles. The monoisotopic (exact) mass is 287 g/mol. The predicted octanol–water partition coefficient (Wildman–Crippen LogP) is 2.16. The Labute approximate surface area is 115 Å². The number of halogens is 1. The van der Waals surface area contributed by atoms with Gasteiger partial charge in [-0.1, -0.05) is 23.7 Å². The second-order valence-corrected chi connectivity index (χ2v) is 5.20. The lowest BCUT2D eigenvalue weighted by molar-refractivity contribution is -0.140. The van der Waals surface area contributed by atoms with E-state index in [1.165, 1.54) is 18.7 Å². The minimum Gasteiger partial charge on any atom is -0.480 e. The van der Waals surface area contributed by atoms with E-state index in [1.807, 2.05) is 18.2 Å². The summed E-state index contributed by atoms with van der Waals surface area (Å²) in [5, 5.41) is 12.0. The van der Waals surface area contributed by atoms with E-state index in [0.29, 0.717) is 16.5 Å². The third-order valence-electron chi connectivity index (χ3n) is 2.12. The van der Waals surface area contributed by atoms with Gasteiger partial charge in [-0.15, -0.1) is 0 Å². The Hall–Kier alpha value is -1.20. The number of benzene rings is 1. The Morgan fingerprint density at radius 1 is 1.50 bits per heavy atom. The molecule has 1 aromatic carbocycles. The normalized spacial score (nSPS) is 11.9. The number of hydrogen-bond acceptors (Lipinski definition) is 3. The molecule has 0 aliphatic heterocycles. The first-order valence-electron chi connectivity index (χ1n) is 5.31. The number of hydrogen-bond donors (Lipinski definition) is 2. The molecular weight excluding hydrogens is 274 g/mol. The summed E-state index contributed by atoms with van der Waals surface area (Å²) in [7, 11) is 0. The summed E-state index contributed by atoms with van der Waals surface area (Å²) in [4.78, 5) is 21.7. The quantitative estimate of drug-likeness (QED) is 0.841. The van der Waals surface area contributed by atoms with Crippen molar-refractivity contribution < 1.29 is 14.7 Å². The smallest absolute Gasteiger partial charge is 0.327 e. The molecule has 0 saturated heterocycles. The Kier molecular flexibility index (Phi) is 6.01. The summed E-state index contributed by atoms with van der Waals surface area (Å²) in [6.07, 6.45) is 0. The standard InChI is InChI=1S/C12H14ClNO3S/c1-8(15)14-11(12(16)17)7-18-6-9-3-2-4-10(13)5-9/h2-5,11H,6-7H2,1H3,(H,14,15)(H,16,17). The van der Waals surface area contributed by atoms with Crippen LogP contribution in [0.25, 0.3) is 0 Å². The number of rotatable bonds is 6. The zero-order valence-corrected chi connectivity index (χ0v) is 11.4. The molecule has 0 aliphatic carbocycles. The van der Waals surface area contributed by atoms with Gasteiger partial charge in [0.1, 0.15) is 6.04 Å². The van der Waals surface area contributed by atoms with Gasteiger partial charge in [0, 0.05) is 23.5 Å². The molecule has 1 aromatic rings. The third kappa shape index (κ3) is 5.42. The van der Waals surface area contributed by atoms with Crippen molar-refractivity contribution in [2.45, 2.75) is 18.7 Å². The van der Waals surface area contributed by atoms with Crippen LogP contribution < -0.4 is 5.32 Å². The van der Waals surface area contributed by atoms with E-state index < -0.39 is 12.0 Å². The maximum atomic E-state index is 10.9. The summed E-state index contributed by atoms with van der Waals surface area (Å²) >= 11 is 7.28. The van der Waals surface area contributed by atoms with Crippen LogP contribution in [-0.4, -0.2) is 28.8 Å². The van der Waals surface area contributed by atoms with Crippen molar-refractivity contribution in [3.8, 4) is 0 Å². The van der Waals surface area contributed by atoms with Crippen molar-refractivity contribution in [3.63, 3.8) is 0 Å². The number of carbonyl (C=O) groups excluding carboxylic acids is 1. The van der Waals surface area contributed by atoms with E-state index in [2.05, 4.69) is 5.32 Å². The van der Waals surface area contributed by atoms with Crippen molar-refractivity contribution >= 4 is 35.2 Å². The molecule has 0 spiro atoms. The number of carbonyl (C=O) groups is 2. The largest absolute Gasteiger partial charge is 0.480 e. The van der Waals surface area contributed by atoms with Crippen molar-refractivity contribution in [2.24, 2.45) is 0 Å². The molecule has 98 valence electrons. The third-order valence-corrected chi connectivity index (χ3v) is 3.46. The Balaban J connectivity index is 2.43. The van der Waals surface area contributed by atoms with E-state index in [0.717, 1.165) is 5.56 Å². The van der Waals surface area contributed by atoms with Crippen LogP contribution in [-0.2, 0) is 15.3 Å². The van der Waals surface area contributed by atoms with Crippen LogP contribution in [0.3, 0.4) is 0 Å². The molecule has 4 nitrogen and oxygen atoms in total. The van der Waals surface area contributed by atoms with E-state index in [-0.39, 0.29) is 5.91 Å². The second kappa shape index (κ2) is 7.28. The zero-order chi connectivity index (χ0) is 13.5. The van der Waals surface area contributed by atoms with Crippen LogP contribution in [0.1, 0.15) is 12.5 Å². The summed E-state index contributed by atoms with van der Waals surface area (Å²) in [6, 6.07) is 6.54. The number of thioether (sulfide) groups is 1. The molecule has 18 heavy (non-hydrogen) atoms. The number of nitrogens with one attached hydrogen (secondary N) is 1. The number of carboxylic acid groups (broad SMARTS) is 1. The number of aliphatic carboxylic acids is 1. The first-order valence-corrected chi connectivity index (χ1v) is 6.84. The zero-order valence-electron chi connectivity index (χ0n) is 9.85. The summed E-state index contributed by atoms with van der Waals surface area (Å²) in [5.41, 5.74) is 1.03. The van der Waals surface area contributed by atoms with Crippen LogP contribution in [0.2, 0.25) is 5.02 Å². The molecule has 1 amide bonds. The molecule has 1 unspecified atom stereocenters. The molecule has 0 saturated carbocycles. The maximum Gasteiger partial charge on any atom is 0.327 e. The fourth-order valence-corrected chi connectivity index (χ4v) is 2.55. The minimum absolute atomic E-state index is 0.321. The number of carboxylic acids is 1. The van der Waals surface area contributed by atoms with Gasteiger partial charge in [-0.2, -0.15) is 11.8 Å². The fraction of sp³-hybridized carbons (Fsp3) is 0.333. The van der Waals surface area contributed by atoms with Gasteiger partial charge in [0.2, 0.25) is 5.91 Å². The summed E-state index contributed by atoms with van der Waals surface area (Å²) in [5.74, 6) is -0.389. The van der Waals surface area contributed by atoms with Gasteiger partial charge < -0.3 is 10.4 Å². The first-order chi connectivity index (χ1) is 8.49. The Bertz CT molecular complexity index is 439. The van der Waals surface area contributed by atoms with E-state index in [4.69, 9.17) is 16.7 Å². The predicted molar refractivity (Wildman–Crippen MR) is 72.9 cm³/mol. The van der Waals surface area contributed by atoms with Crippen LogP contribution in [0, 0.1) is 0 Å². The number of amides is 1. The van der Waals surface area contributed by atoms with Crippen molar-refractivity contribution in [3.05, 3.63) is 34.9 Å². The van der Waals surface area contributed by atoms with Gasteiger partial charge in [-0.3, -0.25) is 4.79 Å². The first kappa shape index (κ1) is 14.9. The van der Waals surface area contributed by atoms with Crippen LogP contribution >= 0.6 is 23.4 Å². The molecule has 2 N–H and O–H groups in total. The highest BCUT2D eigenvalue weighted by atomic mass is 35.5. The SMILES string of the molecule is CC(=O)NC(CSCc1cccc(Cl)c1)C(=O)O. The van der Waals surface area contributed by atoms with Crippen molar-refractivity contribution in [1.82, 2.24) is 5.32 Å². The van der Waals surface area contributed by atoms with Gasteiger partial charge in [-0.25, -0.2) is 4.79 Å². The molecule has 0 bridgehead atoms. The summed E-state index contributed by atoms with van der Waals surface area (Å²) < 4.78 is 0. The van der Waals surface area contributed by atoms with E-state index in [1.54, 1.807) is 6.07 Å². The van der Waals surface area contributed by atoms with Gasteiger partial charge in [0.15, 0.2) is 0 Å². The van der Waals surface area contributed by atoms with E-state index >= 15 is 0 Å². The van der Waals surface area contributed by atoms with Gasteiger partial charge in [0.25, 0.3) is 0 Å². The molecular formula is C12H14ClNO3S. The lowest BCUT2D eigenvalue weighted by Crippen LogP contribution is -2.41. The van der Waals surface area contributed by atoms with E-state index in [9.17, 15) is 9.59 Å². The minimum atomic E-state index is -1.02. The molecule has 0 aliphatic rings. The topological polar surface area (TPSA) is 66.4 Å². The van der Waals surface area contributed by atoms with Gasteiger partial charge >= 0.3 is 5.97 Å². The highest BCUT2D eigenvalue weighted by Crippen LogP contribution is 2.17. The fourth-order valence-electron chi connectivity index (χ4n) is 1.34. The molecule has 6 heteroatoms. The second-order valence-electron chi connectivity index (χ2n) is 3.74. The van der Waals surface area contributed by atoms with Crippen LogP contribution in [0.4, 0.5) is 0 Å². The average molecular weight is 288 g/mol.